The fourth-order valence-corrected chi connectivity index (χ4v) is 3.23. The van der Waals surface area contributed by atoms with Crippen LogP contribution in [0.3, 0.4) is 0 Å². The summed E-state index contributed by atoms with van der Waals surface area (Å²) in [6, 6.07) is 7.43. The maximum Gasteiger partial charge on any atom is 0.221 e. The van der Waals surface area contributed by atoms with Crippen molar-refractivity contribution in [3.8, 4) is 11.1 Å². The lowest BCUT2D eigenvalue weighted by molar-refractivity contribution is -0.115. The molecule has 0 radical (unpaired) electrons. The first-order valence-corrected chi connectivity index (χ1v) is 7.81. The maximum atomic E-state index is 11.2. The molecule has 0 aromatic heterocycles. The number of carbonyl (C=O) groups is 2. The fourth-order valence-electron chi connectivity index (χ4n) is 2.81. The van der Waals surface area contributed by atoms with Gasteiger partial charge in [0.25, 0.3) is 0 Å². The van der Waals surface area contributed by atoms with Crippen LogP contribution in [-0.2, 0) is 16.0 Å². The molecular formula is C17H14Cl2N2O2. The van der Waals surface area contributed by atoms with Gasteiger partial charge in [-0.15, -0.1) is 0 Å². The SMILES string of the molecule is CC(=O)Nc1cc2c(cc1Cl)-c1cc(Cl)c(NC(C)=O)cc1C2. The van der Waals surface area contributed by atoms with Crippen LogP contribution < -0.4 is 10.6 Å². The van der Waals surface area contributed by atoms with Gasteiger partial charge in [0.05, 0.1) is 21.4 Å². The van der Waals surface area contributed by atoms with E-state index in [0.29, 0.717) is 27.8 Å². The number of fused-ring (bicyclic) bond motifs is 3. The molecule has 3 rings (SSSR count). The molecule has 4 nitrogen and oxygen atoms in total. The number of rotatable bonds is 2. The highest BCUT2D eigenvalue weighted by atomic mass is 35.5. The number of hydrogen-bond donors (Lipinski definition) is 2. The summed E-state index contributed by atoms with van der Waals surface area (Å²) >= 11 is 12.5. The highest BCUT2D eigenvalue weighted by molar-refractivity contribution is 6.35. The number of anilines is 2. The molecule has 1 aliphatic carbocycles. The molecule has 6 heteroatoms. The van der Waals surface area contributed by atoms with Gasteiger partial charge in [-0.3, -0.25) is 9.59 Å². The van der Waals surface area contributed by atoms with Crippen LogP contribution in [0.1, 0.15) is 25.0 Å². The maximum absolute atomic E-state index is 11.2. The summed E-state index contributed by atoms with van der Waals surface area (Å²) in [4.78, 5) is 22.5. The van der Waals surface area contributed by atoms with E-state index in [1.165, 1.54) is 13.8 Å². The van der Waals surface area contributed by atoms with Gasteiger partial charge in [-0.2, -0.15) is 0 Å². The Labute approximate surface area is 143 Å². The second kappa shape index (κ2) is 5.87. The molecule has 118 valence electrons. The quantitative estimate of drug-likeness (QED) is 0.717. The van der Waals surface area contributed by atoms with E-state index in [9.17, 15) is 9.59 Å². The molecule has 2 N–H and O–H groups in total. The summed E-state index contributed by atoms with van der Waals surface area (Å²) in [6.07, 6.45) is 0.693. The van der Waals surface area contributed by atoms with E-state index >= 15 is 0 Å². The van der Waals surface area contributed by atoms with Gasteiger partial charge >= 0.3 is 0 Å². The number of amides is 2. The summed E-state index contributed by atoms with van der Waals surface area (Å²) in [5, 5.41) is 6.41. The molecule has 2 amide bonds. The second-order valence-electron chi connectivity index (χ2n) is 5.52. The Morgan fingerprint density at radius 2 is 1.22 bits per heavy atom. The van der Waals surface area contributed by atoms with Crippen LogP contribution in [0.25, 0.3) is 11.1 Å². The Morgan fingerprint density at radius 1 is 0.826 bits per heavy atom. The smallest absolute Gasteiger partial charge is 0.221 e. The Morgan fingerprint density at radius 3 is 1.57 bits per heavy atom. The van der Waals surface area contributed by atoms with Crippen molar-refractivity contribution < 1.29 is 9.59 Å². The third-order valence-corrected chi connectivity index (χ3v) is 4.30. The van der Waals surface area contributed by atoms with Crippen LogP contribution in [-0.4, -0.2) is 11.8 Å². The Balaban J connectivity index is 2.05. The fraction of sp³-hybridized carbons (Fsp3) is 0.176. The monoisotopic (exact) mass is 348 g/mol. The summed E-state index contributed by atoms with van der Waals surface area (Å²) in [5.41, 5.74) is 5.30. The molecule has 0 fully saturated rings. The summed E-state index contributed by atoms with van der Waals surface area (Å²) in [5.74, 6) is -0.336. The van der Waals surface area contributed by atoms with Crippen LogP contribution in [0, 0.1) is 0 Å². The normalized spacial score (nSPS) is 11.7. The topological polar surface area (TPSA) is 58.2 Å². The molecule has 0 bridgehead atoms. The van der Waals surface area contributed by atoms with Gasteiger partial charge in [-0.25, -0.2) is 0 Å². The lowest BCUT2D eigenvalue weighted by Gasteiger charge is -2.10. The van der Waals surface area contributed by atoms with E-state index in [1.54, 1.807) is 0 Å². The van der Waals surface area contributed by atoms with Gasteiger partial charge in [-0.1, -0.05) is 23.2 Å². The van der Waals surface area contributed by atoms with E-state index in [2.05, 4.69) is 10.6 Å². The largest absolute Gasteiger partial charge is 0.325 e. The first kappa shape index (κ1) is 15.8. The molecule has 0 saturated carbocycles. The zero-order valence-corrected chi connectivity index (χ0v) is 14.1. The third kappa shape index (κ3) is 3.05. The number of benzene rings is 2. The molecule has 0 atom stereocenters. The van der Waals surface area contributed by atoms with Crippen LogP contribution in [0.2, 0.25) is 10.0 Å². The molecule has 2 aromatic carbocycles. The number of halogens is 2. The van der Waals surface area contributed by atoms with Crippen molar-refractivity contribution in [3.05, 3.63) is 45.4 Å². The van der Waals surface area contributed by atoms with Crippen molar-refractivity contribution in [3.63, 3.8) is 0 Å². The molecule has 23 heavy (non-hydrogen) atoms. The number of carbonyl (C=O) groups excluding carboxylic acids is 2. The zero-order valence-electron chi connectivity index (χ0n) is 12.6. The van der Waals surface area contributed by atoms with Gasteiger partial charge in [0.2, 0.25) is 11.8 Å². The summed E-state index contributed by atoms with van der Waals surface area (Å²) < 4.78 is 0. The third-order valence-electron chi connectivity index (χ3n) is 3.68. The Kier molecular flexibility index (Phi) is 4.04. The van der Waals surface area contributed by atoms with Gasteiger partial charge < -0.3 is 10.6 Å². The second-order valence-corrected chi connectivity index (χ2v) is 6.33. The van der Waals surface area contributed by atoms with Crippen molar-refractivity contribution >= 4 is 46.4 Å². The van der Waals surface area contributed by atoms with E-state index < -0.39 is 0 Å². The van der Waals surface area contributed by atoms with Gasteiger partial charge in [-0.05, 0) is 52.9 Å². The van der Waals surface area contributed by atoms with Crippen LogP contribution in [0.4, 0.5) is 11.4 Å². The van der Waals surface area contributed by atoms with Crippen LogP contribution >= 0.6 is 23.2 Å². The van der Waals surface area contributed by atoms with E-state index in [-0.39, 0.29) is 11.8 Å². The predicted octanol–water partition coefficient (Wildman–Crippen LogP) is 4.48. The Bertz CT molecular complexity index is 777. The molecular weight excluding hydrogens is 335 g/mol. The molecule has 1 aliphatic rings. The van der Waals surface area contributed by atoms with Gasteiger partial charge in [0.15, 0.2) is 0 Å². The van der Waals surface area contributed by atoms with Crippen LogP contribution in [0.5, 0.6) is 0 Å². The first-order valence-electron chi connectivity index (χ1n) is 7.05. The standard InChI is InChI=1S/C17H14Cl2N2O2/c1-8(22)20-16-4-10-3-11-5-17(21-9(2)23)15(19)7-13(11)12(10)6-14(16)18/h4-7H,3H2,1-2H3,(H,20,22)(H,21,23). The molecule has 0 saturated heterocycles. The van der Waals surface area contributed by atoms with E-state index in [4.69, 9.17) is 23.2 Å². The molecule has 0 aliphatic heterocycles. The average molecular weight is 349 g/mol. The first-order chi connectivity index (χ1) is 10.8. The van der Waals surface area contributed by atoms with E-state index in [0.717, 1.165) is 22.3 Å². The Hall–Kier alpha value is -2.04. The molecule has 0 unspecified atom stereocenters. The number of hydrogen-bond acceptors (Lipinski definition) is 2. The molecule has 2 aromatic rings. The van der Waals surface area contributed by atoms with Gasteiger partial charge in [0.1, 0.15) is 0 Å². The van der Waals surface area contributed by atoms with Crippen LogP contribution in [0.15, 0.2) is 24.3 Å². The molecule has 0 spiro atoms. The summed E-state index contributed by atoms with van der Waals surface area (Å²) in [6.45, 7) is 2.88. The van der Waals surface area contributed by atoms with Crippen molar-refractivity contribution in [2.75, 3.05) is 10.6 Å². The minimum Gasteiger partial charge on any atom is -0.325 e. The zero-order chi connectivity index (χ0) is 16.7. The summed E-state index contributed by atoms with van der Waals surface area (Å²) in [7, 11) is 0. The predicted molar refractivity (Wildman–Crippen MR) is 93.3 cm³/mol. The lowest BCUT2D eigenvalue weighted by Crippen LogP contribution is -2.06. The van der Waals surface area contributed by atoms with Crippen molar-refractivity contribution in [2.45, 2.75) is 20.3 Å². The van der Waals surface area contributed by atoms with Gasteiger partial charge in [0, 0.05) is 13.8 Å². The highest BCUT2D eigenvalue weighted by Crippen LogP contribution is 2.43. The minimum absolute atomic E-state index is 0.168. The van der Waals surface area contributed by atoms with E-state index in [1.807, 2.05) is 24.3 Å². The molecule has 0 heterocycles. The minimum atomic E-state index is -0.168. The van der Waals surface area contributed by atoms with Crippen molar-refractivity contribution in [2.24, 2.45) is 0 Å². The lowest BCUT2D eigenvalue weighted by atomic mass is 10.0. The van der Waals surface area contributed by atoms with Crippen molar-refractivity contribution in [1.29, 1.82) is 0 Å². The average Bonchev–Trinajstić information content (AvgIpc) is 2.75. The van der Waals surface area contributed by atoms with Crippen molar-refractivity contribution in [1.82, 2.24) is 0 Å². The number of nitrogens with one attached hydrogen (secondary N) is 2. The highest BCUT2D eigenvalue weighted by Gasteiger charge is 2.22.